The maximum Gasteiger partial charge on any atom is 0.261 e. The third-order valence-corrected chi connectivity index (χ3v) is 4.30. The van der Waals surface area contributed by atoms with Crippen LogP contribution in [0.1, 0.15) is 45.1 Å². The predicted octanol–water partition coefficient (Wildman–Crippen LogP) is 2.77. The van der Waals surface area contributed by atoms with E-state index in [1.54, 1.807) is 20.3 Å². The zero-order valence-electron chi connectivity index (χ0n) is 21.3. The number of nitrogens with two attached hydrogens (primary N) is 1. The molecule has 35 heavy (non-hydrogen) atoms. The maximum atomic E-state index is 11.9. The Hall–Kier alpha value is -3.05. The van der Waals surface area contributed by atoms with Gasteiger partial charge in [0.05, 0.1) is 27.0 Å². The highest BCUT2D eigenvalue weighted by Crippen LogP contribution is 2.27. The number of amides is 1. The van der Waals surface area contributed by atoms with Gasteiger partial charge in [0.1, 0.15) is 0 Å². The number of carbonyl (C=O) groups excluding carboxylic acids is 1. The third-order valence-electron chi connectivity index (χ3n) is 4.30. The van der Waals surface area contributed by atoms with Gasteiger partial charge in [-0.05, 0) is 50.5 Å². The molecule has 0 aliphatic carbocycles. The van der Waals surface area contributed by atoms with Gasteiger partial charge in [-0.25, -0.2) is 4.99 Å². The van der Waals surface area contributed by atoms with Crippen LogP contribution in [0.4, 0.5) is 0 Å². The Bertz CT molecular complexity index is 947. The number of methoxy groups -OCH3 is 2. The monoisotopic (exact) mass is 512 g/mol. The molecule has 1 rings (SSSR count). The van der Waals surface area contributed by atoms with E-state index in [1.807, 2.05) is 38.1 Å². The average molecular weight is 513 g/mol. The molecule has 1 amide bonds. The fraction of sp³-hybridized carbons (Fsp3) is 0.500. The van der Waals surface area contributed by atoms with Gasteiger partial charge < -0.3 is 25.8 Å². The van der Waals surface area contributed by atoms with Gasteiger partial charge in [-0.15, -0.1) is 0 Å². The second-order valence-corrected chi connectivity index (χ2v) is 9.29. The van der Waals surface area contributed by atoms with E-state index in [1.165, 1.54) is 11.6 Å². The van der Waals surface area contributed by atoms with Gasteiger partial charge in [0.25, 0.3) is 10.1 Å². The van der Waals surface area contributed by atoms with Crippen molar-refractivity contribution >= 4 is 28.1 Å². The van der Waals surface area contributed by atoms with Crippen LogP contribution in [0, 0.1) is 0 Å². The third kappa shape index (κ3) is 20.1. The molecule has 10 nitrogen and oxygen atoms in total. The summed E-state index contributed by atoms with van der Waals surface area (Å²) < 4.78 is 36.3. The molecule has 0 bridgehead atoms. The number of nitrogens with one attached hydrogen (secondary N) is 2. The molecule has 0 aliphatic rings. The van der Waals surface area contributed by atoms with Gasteiger partial charge in [0.15, 0.2) is 17.5 Å². The van der Waals surface area contributed by atoms with E-state index in [-0.39, 0.29) is 5.91 Å². The summed E-state index contributed by atoms with van der Waals surface area (Å²) in [5, 5.41) is 6.02. The SMILES string of the molecule is COc1ccc(/C=C/C(=O)NCCCCCCNC(N)=NCC=C(C)C)cc1OC.CS(=O)(=O)O. The van der Waals surface area contributed by atoms with Gasteiger partial charge in [-0.1, -0.05) is 30.6 Å². The second kappa shape index (κ2) is 18.3. The minimum absolute atomic E-state index is 0.105. The Morgan fingerprint density at radius 1 is 1.06 bits per heavy atom. The molecule has 11 heteroatoms. The summed E-state index contributed by atoms with van der Waals surface area (Å²) in [6.45, 7) is 6.16. The lowest BCUT2D eigenvalue weighted by molar-refractivity contribution is -0.116. The zero-order chi connectivity index (χ0) is 26.7. The summed E-state index contributed by atoms with van der Waals surface area (Å²) in [4.78, 5) is 16.2. The standard InChI is InChI=1S/C23H36N4O3.CH4O3S/c1-18(2)13-16-27-23(24)26-15-8-6-5-7-14-25-22(28)12-10-19-9-11-20(29-3)21(17-19)30-4;1-5(2,3)4/h9-13,17H,5-8,14-16H2,1-4H3,(H,25,28)(H3,24,26,27);1H3,(H,2,3,4)/b12-10+;. The molecular formula is C24H40N4O6S. The van der Waals surface area contributed by atoms with Crippen molar-refractivity contribution in [1.29, 1.82) is 0 Å². The van der Waals surface area contributed by atoms with E-state index >= 15 is 0 Å². The smallest absolute Gasteiger partial charge is 0.261 e. The van der Waals surface area contributed by atoms with Crippen molar-refractivity contribution in [3.63, 3.8) is 0 Å². The van der Waals surface area contributed by atoms with Crippen molar-refractivity contribution in [2.75, 3.05) is 40.1 Å². The van der Waals surface area contributed by atoms with Gasteiger partial charge in [-0.3, -0.25) is 9.35 Å². The number of allylic oxidation sites excluding steroid dienone is 1. The molecule has 0 fully saturated rings. The second-order valence-electron chi connectivity index (χ2n) is 7.82. The summed E-state index contributed by atoms with van der Waals surface area (Å²) >= 11 is 0. The van der Waals surface area contributed by atoms with Gasteiger partial charge in [-0.2, -0.15) is 8.42 Å². The Morgan fingerprint density at radius 2 is 1.63 bits per heavy atom. The van der Waals surface area contributed by atoms with Crippen LogP contribution < -0.4 is 25.8 Å². The van der Waals surface area contributed by atoms with E-state index < -0.39 is 10.1 Å². The Morgan fingerprint density at radius 3 is 2.17 bits per heavy atom. The highest BCUT2D eigenvalue weighted by Gasteiger charge is 2.03. The summed E-state index contributed by atoms with van der Waals surface area (Å²) in [7, 11) is -0.489. The molecule has 0 saturated heterocycles. The fourth-order valence-corrected chi connectivity index (χ4v) is 2.60. The topological polar surface area (TPSA) is 152 Å². The number of benzene rings is 1. The van der Waals surface area contributed by atoms with Crippen LogP contribution in [0.25, 0.3) is 6.08 Å². The van der Waals surface area contributed by atoms with Crippen LogP contribution in [-0.4, -0.2) is 64.9 Å². The first-order valence-electron chi connectivity index (χ1n) is 11.2. The number of hydrogen-bond donors (Lipinski definition) is 4. The van der Waals surface area contributed by atoms with Crippen molar-refractivity contribution in [3.05, 3.63) is 41.5 Å². The molecule has 0 aliphatic heterocycles. The summed E-state index contributed by atoms with van der Waals surface area (Å²) in [6.07, 6.45) is 10.1. The molecule has 0 atom stereocenters. The van der Waals surface area contributed by atoms with E-state index in [2.05, 4.69) is 15.6 Å². The first kappa shape index (κ1) is 31.9. The number of aliphatic imine (C=N–C) groups is 1. The summed E-state index contributed by atoms with van der Waals surface area (Å²) in [5.74, 6) is 1.68. The Balaban J connectivity index is 0.00000209. The zero-order valence-corrected chi connectivity index (χ0v) is 22.2. The maximum absolute atomic E-state index is 11.9. The van der Waals surface area contributed by atoms with E-state index in [0.717, 1.165) is 37.8 Å². The van der Waals surface area contributed by atoms with Gasteiger partial charge >= 0.3 is 0 Å². The van der Waals surface area contributed by atoms with E-state index in [4.69, 9.17) is 19.8 Å². The number of guanidine groups is 1. The fourth-order valence-electron chi connectivity index (χ4n) is 2.60. The lowest BCUT2D eigenvalue weighted by atomic mass is 10.2. The molecule has 0 heterocycles. The van der Waals surface area contributed by atoms with Crippen molar-refractivity contribution in [2.45, 2.75) is 39.5 Å². The van der Waals surface area contributed by atoms with Crippen LogP contribution in [0.2, 0.25) is 0 Å². The van der Waals surface area contributed by atoms with Crippen LogP contribution in [0.15, 0.2) is 40.9 Å². The molecule has 0 spiro atoms. The molecule has 1 aromatic carbocycles. The molecule has 0 unspecified atom stereocenters. The molecule has 0 radical (unpaired) electrons. The Labute approximate surface area is 209 Å². The number of unbranched alkanes of at least 4 members (excludes halogenated alkanes) is 3. The first-order valence-corrected chi connectivity index (χ1v) is 13.1. The molecule has 198 valence electrons. The molecule has 0 saturated carbocycles. The summed E-state index contributed by atoms with van der Waals surface area (Å²) in [5.41, 5.74) is 7.90. The lowest BCUT2D eigenvalue weighted by Gasteiger charge is -2.07. The average Bonchev–Trinajstić information content (AvgIpc) is 2.77. The summed E-state index contributed by atoms with van der Waals surface area (Å²) in [6, 6.07) is 5.52. The molecule has 1 aromatic rings. The first-order chi connectivity index (χ1) is 16.5. The van der Waals surface area contributed by atoms with E-state index in [0.29, 0.717) is 36.8 Å². The number of carbonyl (C=O) groups is 1. The van der Waals surface area contributed by atoms with Crippen LogP contribution in [-0.2, 0) is 14.9 Å². The molecule has 5 N–H and O–H groups in total. The predicted molar refractivity (Wildman–Crippen MR) is 141 cm³/mol. The number of ether oxygens (including phenoxy) is 2. The minimum Gasteiger partial charge on any atom is -0.493 e. The van der Waals surface area contributed by atoms with Crippen LogP contribution in [0.5, 0.6) is 11.5 Å². The highest BCUT2D eigenvalue weighted by atomic mass is 32.2. The molecule has 0 aromatic heterocycles. The number of hydrogen-bond acceptors (Lipinski definition) is 6. The number of rotatable bonds is 13. The largest absolute Gasteiger partial charge is 0.493 e. The van der Waals surface area contributed by atoms with Gasteiger partial charge in [0.2, 0.25) is 5.91 Å². The van der Waals surface area contributed by atoms with Crippen molar-refractivity contribution < 1.29 is 27.2 Å². The van der Waals surface area contributed by atoms with Crippen molar-refractivity contribution in [1.82, 2.24) is 10.6 Å². The highest BCUT2D eigenvalue weighted by molar-refractivity contribution is 7.85. The quantitative estimate of drug-likeness (QED) is 0.0786. The van der Waals surface area contributed by atoms with Gasteiger partial charge in [0, 0.05) is 19.2 Å². The normalized spacial score (nSPS) is 11.3. The Kier molecular flexibility index (Phi) is 16.7. The minimum atomic E-state index is -3.67. The van der Waals surface area contributed by atoms with Crippen LogP contribution >= 0.6 is 0 Å². The van der Waals surface area contributed by atoms with Crippen LogP contribution in [0.3, 0.4) is 0 Å². The van der Waals surface area contributed by atoms with E-state index in [9.17, 15) is 13.2 Å². The lowest BCUT2D eigenvalue weighted by Crippen LogP contribution is -2.32. The van der Waals surface area contributed by atoms with Crippen molar-refractivity contribution in [3.8, 4) is 11.5 Å². The number of nitrogens with zero attached hydrogens (tertiary/aromatic N) is 1. The molecular weight excluding hydrogens is 472 g/mol. The van der Waals surface area contributed by atoms with Crippen molar-refractivity contribution in [2.24, 2.45) is 10.7 Å².